The van der Waals surface area contributed by atoms with Gasteiger partial charge in [0.05, 0.1) is 12.5 Å². The van der Waals surface area contributed by atoms with Gasteiger partial charge in [-0.3, -0.25) is 4.79 Å². The number of hydrogen-bond acceptors (Lipinski definition) is 2. The molecule has 1 atom stereocenters. The third-order valence-corrected chi connectivity index (χ3v) is 1.40. The molecular formula is C7H10O2. The number of carbonyl (C=O) groups excluding carboxylic acids is 1. The Morgan fingerprint density at radius 1 is 1.78 bits per heavy atom. The first kappa shape index (κ1) is 6.33. The van der Waals surface area contributed by atoms with Gasteiger partial charge in [0.15, 0.2) is 0 Å². The molecule has 50 valence electrons. The monoisotopic (exact) mass is 126 g/mol. The number of rotatable bonds is 1. The van der Waals surface area contributed by atoms with Crippen molar-refractivity contribution in [3.8, 4) is 0 Å². The molecule has 0 aromatic rings. The van der Waals surface area contributed by atoms with Crippen molar-refractivity contribution in [3.05, 3.63) is 12.2 Å². The standard InChI is InChI=1S/C7H10O2/c1-2-3-6-4-5-9-7(6)8/h2-3,6H,4-5H2,1H3/b3-2+. The van der Waals surface area contributed by atoms with Gasteiger partial charge in [-0.25, -0.2) is 0 Å². The minimum Gasteiger partial charge on any atom is -0.465 e. The highest BCUT2D eigenvalue weighted by atomic mass is 16.5. The maximum atomic E-state index is 10.7. The van der Waals surface area contributed by atoms with E-state index in [-0.39, 0.29) is 11.9 Å². The summed E-state index contributed by atoms with van der Waals surface area (Å²) in [4.78, 5) is 10.7. The fourth-order valence-electron chi connectivity index (χ4n) is 0.918. The molecule has 0 aromatic carbocycles. The molecule has 1 saturated heterocycles. The molecule has 1 aliphatic rings. The topological polar surface area (TPSA) is 26.3 Å². The number of allylic oxidation sites excluding steroid dienone is 1. The zero-order valence-electron chi connectivity index (χ0n) is 5.46. The van der Waals surface area contributed by atoms with Crippen molar-refractivity contribution in [2.45, 2.75) is 13.3 Å². The average molecular weight is 126 g/mol. The van der Waals surface area contributed by atoms with E-state index in [0.717, 1.165) is 6.42 Å². The van der Waals surface area contributed by atoms with Gasteiger partial charge in [-0.15, -0.1) is 0 Å². The maximum Gasteiger partial charge on any atom is 0.312 e. The van der Waals surface area contributed by atoms with Gasteiger partial charge in [-0.05, 0) is 13.3 Å². The van der Waals surface area contributed by atoms with Crippen molar-refractivity contribution in [3.63, 3.8) is 0 Å². The van der Waals surface area contributed by atoms with Crippen LogP contribution in [-0.4, -0.2) is 12.6 Å². The van der Waals surface area contributed by atoms with Gasteiger partial charge in [-0.2, -0.15) is 0 Å². The minimum absolute atomic E-state index is 0.0370. The van der Waals surface area contributed by atoms with Crippen molar-refractivity contribution < 1.29 is 9.53 Å². The maximum absolute atomic E-state index is 10.7. The Labute approximate surface area is 54.5 Å². The van der Waals surface area contributed by atoms with Crippen LogP contribution in [0.25, 0.3) is 0 Å². The number of ether oxygens (including phenoxy) is 1. The third-order valence-electron chi connectivity index (χ3n) is 1.40. The summed E-state index contributed by atoms with van der Waals surface area (Å²) in [5, 5.41) is 0. The van der Waals surface area contributed by atoms with E-state index in [4.69, 9.17) is 4.74 Å². The fraction of sp³-hybridized carbons (Fsp3) is 0.571. The summed E-state index contributed by atoms with van der Waals surface area (Å²) in [5.74, 6) is -0.0388. The third kappa shape index (κ3) is 1.31. The highest BCUT2D eigenvalue weighted by Crippen LogP contribution is 2.14. The predicted molar refractivity (Wildman–Crippen MR) is 33.9 cm³/mol. The molecule has 0 amide bonds. The molecule has 2 nitrogen and oxygen atoms in total. The number of cyclic esters (lactones) is 1. The second-order valence-corrected chi connectivity index (χ2v) is 2.09. The van der Waals surface area contributed by atoms with E-state index in [1.807, 2.05) is 19.1 Å². The Balaban J connectivity index is 2.49. The summed E-state index contributed by atoms with van der Waals surface area (Å²) in [6.45, 7) is 2.50. The summed E-state index contributed by atoms with van der Waals surface area (Å²) in [7, 11) is 0. The average Bonchev–Trinajstić information content (AvgIpc) is 2.18. The van der Waals surface area contributed by atoms with Crippen molar-refractivity contribution in [1.29, 1.82) is 0 Å². The Morgan fingerprint density at radius 2 is 2.56 bits per heavy atom. The van der Waals surface area contributed by atoms with Crippen LogP contribution >= 0.6 is 0 Å². The molecule has 2 heteroatoms. The summed E-state index contributed by atoms with van der Waals surface area (Å²) >= 11 is 0. The molecule has 1 fully saturated rings. The number of esters is 1. The molecule has 1 rings (SSSR count). The normalized spacial score (nSPS) is 27.2. The molecule has 0 N–H and O–H groups in total. The number of carbonyl (C=O) groups is 1. The lowest BCUT2D eigenvalue weighted by Crippen LogP contribution is -2.03. The van der Waals surface area contributed by atoms with Crippen LogP contribution in [0.2, 0.25) is 0 Å². The molecule has 1 aliphatic heterocycles. The van der Waals surface area contributed by atoms with Crippen molar-refractivity contribution >= 4 is 5.97 Å². The van der Waals surface area contributed by atoms with E-state index in [2.05, 4.69) is 0 Å². The summed E-state index contributed by atoms with van der Waals surface area (Å²) in [5.41, 5.74) is 0. The van der Waals surface area contributed by atoms with Crippen LogP contribution in [0.3, 0.4) is 0 Å². The van der Waals surface area contributed by atoms with Crippen LogP contribution in [0.5, 0.6) is 0 Å². The molecule has 0 radical (unpaired) electrons. The second-order valence-electron chi connectivity index (χ2n) is 2.09. The molecule has 0 saturated carbocycles. The van der Waals surface area contributed by atoms with Crippen molar-refractivity contribution in [1.82, 2.24) is 0 Å². The lowest BCUT2D eigenvalue weighted by Gasteiger charge is -1.92. The summed E-state index contributed by atoms with van der Waals surface area (Å²) in [6, 6.07) is 0. The molecule has 1 heterocycles. The largest absolute Gasteiger partial charge is 0.465 e. The molecule has 0 aromatic heterocycles. The van der Waals surface area contributed by atoms with Crippen molar-refractivity contribution in [2.75, 3.05) is 6.61 Å². The highest BCUT2D eigenvalue weighted by Gasteiger charge is 2.22. The van der Waals surface area contributed by atoms with E-state index in [0.29, 0.717) is 6.61 Å². The van der Waals surface area contributed by atoms with Gasteiger partial charge in [0.2, 0.25) is 0 Å². The van der Waals surface area contributed by atoms with E-state index in [9.17, 15) is 4.79 Å². The smallest absolute Gasteiger partial charge is 0.312 e. The zero-order chi connectivity index (χ0) is 6.69. The SMILES string of the molecule is C/C=C/C1CCOC1=O. The van der Waals surface area contributed by atoms with E-state index < -0.39 is 0 Å². The first-order valence-corrected chi connectivity index (χ1v) is 3.14. The van der Waals surface area contributed by atoms with E-state index >= 15 is 0 Å². The lowest BCUT2D eigenvalue weighted by atomic mass is 10.1. The van der Waals surface area contributed by atoms with Crippen LogP contribution in [0.1, 0.15) is 13.3 Å². The second kappa shape index (κ2) is 2.67. The van der Waals surface area contributed by atoms with Crippen LogP contribution in [0.4, 0.5) is 0 Å². The van der Waals surface area contributed by atoms with Crippen LogP contribution in [0.15, 0.2) is 12.2 Å². The number of hydrogen-bond donors (Lipinski definition) is 0. The zero-order valence-corrected chi connectivity index (χ0v) is 5.46. The fourth-order valence-corrected chi connectivity index (χ4v) is 0.918. The van der Waals surface area contributed by atoms with Gasteiger partial charge >= 0.3 is 5.97 Å². The first-order chi connectivity index (χ1) is 4.34. The summed E-state index contributed by atoms with van der Waals surface area (Å²) in [6.07, 6.45) is 4.62. The molecule has 1 unspecified atom stereocenters. The van der Waals surface area contributed by atoms with Gasteiger partial charge in [-0.1, -0.05) is 12.2 Å². The molecule has 0 bridgehead atoms. The highest BCUT2D eigenvalue weighted by molar-refractivity contribution is 5.76. The van der Waals surface area contributed by atoms with Gasteiger partial charge < -0.3 is 4.74 Å². The first-order valence-electron chi connectivity index (χ1n) is 3.14. The predicted octanol–water partition coefficient (Wildman–Crippen LogP) is 1.13. The van der Waals surface area contributed by atoms with Gasteiger partial charge in [0, 0.05) is 0 Å². The Kier molecular flexibility index (Phi) is 1.88. The van der Waals surface area contributed by atoms with E-state index in [1.165, 1.54) is 0 Å². The van der Waals surface area contributed by atoms with Crippen LogP contribution in [-0.2, 0) is 9.53 Å². The van der Waals surface area contributed by atoms with E-state index in [1.54, 1.807) is 0 Å². The minimum atomic E-state index is -0.0758. The Hall–Kier alpha value is -0.790. The van der Waals surface area contributed by atoms with Gasteiger partial charge in [0.25, 0.3) is 0 Å². The van der Waals surface area contributed by atoms with Crippen molar-refractivity contribution in [2.24, 2.45) is 5.92 Å². The van der Waals surface area contributed by atoms with Crippen LogP contribution < -0.4 is 0 Å². The Bertz CT molecular complexity index is 138. The quantitative estimate of drug-likeness (QED) is 0.389. The molecule has 0 aliphatic carbocycles. The molecule has 0 spiro atoms. The van der Waals surface area contributed by atoms with Gasteiger partial charge in [0.1, 0.15) is 0 Å². The molecular weight excluding hydrogens is 116 g/mol. The molecule has 9 heavy (non-hydrogen) atoms. The lowest BCUT2D eigenvalue weighted by molar-refractivity contribution is -0.140. The summed E-state index contributed by atoms with van der Waals surface area (Å²) < 4.78 is 4.73. The Morgan fingerprint density at radius 3 is 3.00 bits per heavy atom. The van der Waals surface area contributed by atoms with Crippen LogP contribution in [0, 0.1) is 5.92 Å².